The van der Waals surface area contributed by atoms with E-state index in [4.69, 9.17) is 5.73 Å². The average Bonchev–Trinajstić information content (AvgIpc) is 3.25. The predicted octanol–water partition coefficient (Wildman–Crippen LogP) is 2.07. The summed E-state index contributed by atoms with van der Waals surface area (Å²) in [5.74, 6) is -0.502. The summed E-state index contributed by atoms with van der Waals surface area (Å²) in [6.07, 6.45) is 0.329. The van der Waals surface area contributed by atoms with Gasteiger partial charge in [-0.2, -0.15) is 0 Å². The second-order valence-corrected chi connectivity index (χ2v) is 6.06. The molecule has 0 atom stereocenters. The monoisotopic (exact) mass is 332 g/mol. The molecule has 2 aromatic carbocycles. The Morgan fingerprint density at radius 2 is 1.76 bits per heavy atom. The highest BCUT2D eigenvalue weighted by Crippen LogP contribution is 2.50. The molecule has 1 fully saturated rings. The van der Waals surface area contributed by atoms with Gasteiger partial charge in [0.15, 0.2) is 0 Å². The van der Waals surface area contributed by atoms with Crippen molar-refractivity contribution in [2.75, 3.05) is 0 Å². The Labute approximate surface area is 142 Å². The van der Waals surface area contributed by atoms with E-state index in [0.29, 0.717) is 23.5 Å². The zero-order chi connectivity index (χ0) is 17.3. The lowest BCUT2D eigenvalue weighted by molar-refractivity contribution is -0.116. The number of carbonyl (C=O) groups excluding carboxylic acids is 3. The van der Waals surface area contributed by atoms with E-state index in [0.717, 1.165) is 16.3 Å². The number of nitrogens with zero attached hydrogens (tertiary/aromatic N) is 2. The Balaban J connectivity index is 1.81. The van der Waals surface area contributed by atoms with E-state index in [2.05, 4.69) is 5.32 Å². The summed E-state index contributed by atoms with van der Waals surface area (Å²) in [6.45, 7) is 0. The molecule has 5 amide bonds. The van der Waals surface area contributed by atoms with Gasteiger partial charge in [0.2, 0.25) is 0 Å². The quantitative estimate of drug-likeness (QED) is 0.783. The van der Waals surface area contributed by atoms with Gasteiger partial charge in [0, 0.05) is 12.0 Å². The molecule has 0 radical (unpaired) electrons. The van der Waals surface area contributed by atoms with Crippen LogP contribution < -0.4 is 11.1 Å². The van der Waals surface area contributed by atoms with Crippen molar-refractivity contribution in [3.8, 4) is 0 Å². The Kier molecular flexibility index (Phi) is 2.47. The van der Waals surface area contributed by atoms with Crippen molar-refractivity contribution in [1.29, 1.82) is 0 Å². The number of urea groups is 2. The number of nitrogens with one attached hydrogen (secondary N) is 1. The molecule has 3 aliphatic heterocycles. The maximum absolute atomic E-state index is 12.2. The van der Waals surface area contributed by atoms with Gasteiger partial charge >= 0.3 is 12.1 Å². The predicted molar refractivity (Wildman–Crippen MR) is 89.3 cm³/mol. The number of hydrogen-bond acceptors (Lipinski definition) is 3. The molecular weight excluding hydrogens is 320 g/mol. The highest BCUT2D eigenvalue weighted by Gasteiger charge is 2.52. The minimum atomic E-state index is -0.674. The second kappa shape index (κ2) is 4.47. The lowest BCUT2D eigenvalue weighted by atomic mass is 10.0. The van der Waals surface area contributed by atoms with Crippen molar-refractivity contribution in [3.63, 3.8) is 0 Å². The maximum atomic E-state index is 12.2. The summed E-state index contributed by atoms with van der Waals surface area (Å²) >= 11 is 0. The number of rotatable bonds is 1. The number of nitrogens with two attached hydrogens (primary N) is 1. The van der Waals surface area contributed by atoms with Gasteiger partial charge in [-0.15, -0.1) is 0 Å². The summed E-state index contributed by atoms with van der Waals surface area (Å²) in [5, 5.41) is 4.22. The number of imide groups is 1. The Morgan fingerprint density at radius 1 is 1.00 bits per heavy atom. The van der Waals surface area contributed by atoms with Crippen LogP contribution in [-0.4, -0.2) is 27.8 Å². The van der Waals surface area contributed by atoms with Crippen LogP contribution in [0.2, 0.25) is 0 Å². The SMILES string of the molecule is NC(=O)N1C2=C3C(=O)NC(=O)N3C(=C1c1cccc3ccccc13)C2. The van der Waals surface area contributed by atoms with Crippen molar-refractivity contribution in [2.45, 2.75) is 6.42 Å². The first-order valence-corrected chi connectivity index (χ1v) is 7.77. The molecule has 7 heteroatoms. The zero-order valence-corrected chi connectivity index (χ0v) is 12.9. The molecule has 3 N–H and O–H groups in total. The van der Waals surface area contributed by atoms with E-state index in [9.17, 15) is 14.4 Å². The van der Waals surface area contributed by atoms with Crippen molar-refractivity contribution >= 4 is 34.4 Å². The molecule has 0 aromatic heterocycles. The van der Waals surface area contributed by atoms with Crippen LogP contribution in [0.4, 0.5) is 9.59 Å². The maximum Gasteiger partial charge on any atom is 0.333 e. The summed E-state index contributed by atoms with van der Waals surface area (Å²) in [4.78, 5) is 39.0. The molecule has 122 valence electrons. The van der Waals surface area contributed by atoms with Crippen LogP contribution in [0.5, 0.6) is 0 Å². The van der Waals surface area contributed by atoms with E-state index in [1.54, 1.807) is 0 Å². The zero-order valence-electron chi connectivity index (χ0n) is 12.9. The van der Waals surface area contributed by atoms with Gasteiger partial charge in [-0.3, -0.25) is 19.9 Å². The molecule has 25 heavy (non-hydrogen) atoms. The third-order valence-corrected chi connectivity index (χ3v) is 4.77. The van der Waals surface area contributed by atoms with Crippen LogP contribution in [0, 0.1) is 0 Å². The smallest absolute Gasteiger partial charge is 0.333 e. The van der Waals surface area contributed by atoms with Crippen LogP contribution >= 0.6 is 0 Å². The van der Waals surface area contributed by atoms with Crippen LogP contribution in [0.3, 0.4) is 0 Å². The molecular formula is C18H12N4O3. The Bertz CT molecular complexity index is 1080. The van der Waals surface area contributed by atoms with Gasteiger partial charge in [-0.25, -0.2) is 9.59 Å². The topological polar surface area (TPSA) is 95.7 Å². The number of amides is 5. The molecule has 7 nitrogen and oxygen atoms in total. The molecule has 2 aromatic rings. The summed E-state index contributed by atoms with van der Waals surface area (Å²) in [7, 11) is 0. The van der Waals surface area contributed by atoms with E-state index < -0.39 is 18.0 Å². The molecule has 0 spiro atoms. The summed E-state index contributed by atoms with van der Waals surface area (Å²) in [5.41, 5.74) is 8.21. The lowest BCUT2D eigenvalue weighted by Crippen LogP contribution is -2.36. The van der Waals surface area contributed by atoms with Crippen molar-refractivity contribution in [2.24, 2.45) is 5.73 Å². The Morgan fingerprint density at radius 3 is 2.56 bits per heavy atom. The van der Waals surface area contributed by atoms with E-state index >= 15 is 0 Å². The number of primary amides is 1. The van der Waals surface area contributed by atoms with Gasteiger partial charge in [0.25, 0.3) is 5.91 Å². The molecule has 2 bridgehead atoms. The van der Waals surface area contributed by atoms with Gasteiger partial charge in [0.05, 0.1) is 17.1 Å². The average molecular weight is 332 g/mol. The Hall–Kier alpha value is -3.61. The fourth-order valence-corrected chi connectivity index (χ4v) is 3.84. The molecule has 0 saturated carbocycles. The van der Waals surface area contributed by atoms with Gasteiger partial charge in [0.1, 0.15) is 5.70 Å². The number of hydrogen-bond donors (Lipinski definition) is 2. The van der Waals surface area contributed by atoms with Gasteiger partial charge < -0.3 is 5.73 Å². The van der Waals surface area contributed by atoms with Crippen LogP contribution in [0.25, 0.3) is 16.5 Å². The highest BCUT2D eigenvalue weighted by molar-refractivity contribution is 6.16. The first kappa shape index (κ1) is 13.8. The third kappa shape index (κ3) is 1.61. The summed E-state index contributed by atoms with van der Waals surface area (Å²) < 4.78 is 0. The molecule has 1 saturated heterocycles. The molecule has 0 unspecified atom stereocenters. The molecule has 0 aliphatic carbocycles. The van der Waals surface area contributed by atoms with Crippen molar-refractivity contribution in [3.05, 3.63) is 65.1 Å². The van der Waals surface area contributed by atoms with E-state index in [-0.39, 0.29) is 5.70 Å². The number of carbonyl (C=O) groups is 3. The fraction of sp³-hybridized carbons (Fsp3) is 0.0556. The molecule has 5 rings (SSSR count). The number of benzene rings is 2. The van der Waals surface area contributed by atoms with Crippen LogP contribution in [0.15, 0.2) is 59.6 Å². The van der Waals surface area contributed by atoms with Gasteiger partial charge in [-0.1, -0.05) is 42.5 Å². The fourth-order valence-electron chi connectivity index (χ4n) is 3.84. The normalized spacial score (nSPS) is 18.6. The van der Waals surface area contributed by atoms with Crippen LogP contribution in [0.1, 0.15) is 12.0 Å². The van der Waals surface area contributed by atoms with Crippen molar-refractivity contribution in [1.82, 2.24) is 15.1 Å². The first-order chi connectivity index (χ1) is 12.1. The van der Waals surface area contributed by atoms with Crippen LogP contribution in [-0.2, 0) is 4.79 Å². The summed E-state index contributed by atoms with van der Waals surface area (Å²) in [6, 6.07) is 12.4. The molecule has 3 heterocycles. The van der Waals surface area contributed by atoms with E-state index in [1.165, 1.54) is 9.80 Å². The largest absolute Gasteiger partial charge is 0.351 e. The molecule has 3 aliphatic rings. The van der Waals surface area contributed by atoms with Crippen molar-refractivity contribution < 1.29 is 14.4 Å². The first-order valence-electron chi connectivity index (χ1n) is 7.77. The lowest BCUT2D eigenvalue weighted by Gasteiger charge is -2.27. The minimum Gasteiger partial charge on any atom is -0.351 e. The standard InChI is InChI=1S/C18H12N4O3/c19-17(24)21-13-8-12(22-15(13)16(23)20-18(22)25)14(21)11-7-3-5-9-4-1-2-6-10(9)11/h1-7H,8H2,(H2,19,24)(H,20,23,25). The number of fused-ring (bicyclic) bond motifs is 5. The van der Waals surface area contributed by atoms with E-state index in [1.807, 2.05) is 42.5 Å². The third-order valence-electron chi connectivity index (χ3n) is 4.77. The highest BCUT2D eigenvalue weighted by atomic mass is 16.2. The van der Waals surface area contributed by atoms with Gasteiger partial charge in [-0.05, 0) is 10.8 Å². The minimum absolute atomic E-state index is 0.197. The second-order valence-electron chi connectivity index (χ2n) is 6.06.